The van der Waals surface area contributed by atoms with Crippen molar-refractivity contribution in [3.8, 4) is 0 Å². The minimum Gasteiger partial charge on any atom is -0.396 e. The van der Waals surface area contributed by atoms with Gasteiger partial charge in [-0.3, -0.25) is 0 Å². The quantitative estimate of drug-likeness (QED) is 0.703. The summed E-state index contributed by atoms with van der Waals surface area (Å²) in [6.45, 7) is 6.89. The Kier molecular flexibility index (Phi) is 4.62. The van der Waals surface area contributed by atoms with Gasteiger partial charge in [-0.05, 0) is 12.5 Å². The number of aliphatic hydroxyl groups is 1. The molecule has 80 valence electrons. The van der Waals surface area contributed by atoms with Crippen molar-refractivity contribution in [2.75, 3.05) is 13.2 Å². The lowest BCUT2D eigenvalue weighted by Crippen LogP contribution is -2.19. The first kappa shape index (κ1) is 11.2. The van der Waals surface area contributed by atoms with E-state index in [4.69, 9.17) is 5.11 Å². The van der Waals surface area contributed by atoms with Crippen LogP contribution in [-0.2, 0) is 13.1 Å². The first-order valence-electron chi connectivity index (χ1n) is 5.09. The van der Waals surface area contributed by atoms with Gasteiger partial charge in [0.15, 0.2) is 0 Å². The highest BCUT2D eigenvalue weighted by atomic mass is 16.3. The van der Waals surface area contributed by atoms with Gasteiger partial charge < -0.3 is 15.0 Å². The van der Waals surface area contributed by atoms with Crippen molar-refractivity contribution < 1.29 is 5.11 Å². The van der Waals surface area contributed by atoms with Gasteiger partial charge in [0.25, 0.3) is 0 Å². The zero-order chi connectivity index (χ0) is 10.4. The maximum absolute atomic E-state index is 8.95. The molecule has 1 rings (SSSR count). The fourth-order valence-electron chi connectivity index (χ4n) is 1.30. The average Bonchev–Trinajstić information content (AvgIpc) is 2.62. The highest BCUT2D eigenvalue weighted by molar-refractivity contribution is 4.92. The van der Waals surface area contributed by atoms with Crippen molar-refractivity contribution in [2.45, 2.75) is 26.9 Å². The molecule has 0 saturated carbocycles. The normalized spacial score (nSPS) is 13.1. The van der Waals surface area contributed by atoms with Crippen LogP contribution in [0, 0.1) is 5.92 Å². The summed E-state index contributed by atoms with van der Waals surface area (Å²) in [5, 5.41) is 12.2. The summed E-state index contributed by atoms with van der Waals surface area (Å²) in [6.07, 6.45) is 3.76. The van der Waals surface area contributed by atoms with Crippen molar-refractivity contribution in [3.05, 3.63) is 18.2 Å². The average molecular weight is 197 g/mol. The number of hydrogen-bond donors (Lipinski definition) is 2. The summed E-state index contributed by atoms with van der Waals surface area (Å²) in [5.74, 6) is 1.32. The lowest BCUT2D eigenvalue weighted by molar-refractivity contribution is 0.221. The number of nitrogens with one attached hydrogen (secondary N) is 1. The molecule has 0 spiro atoms. The van der Waals surface area contributed by atoms with E-state index in [0.29, 0.717) is 0 Å². The predicted octanol–water partition coefficient (Wildman–Crippen LogP) is 0.621. The van der Waals surface area contributed by atoms with Crippen LogP contribution in [0.3, 0.4) is 0 Å². The van der Waals surface area contributed by atoms with Crippen LogP contribution in [0.15, 0.2) is 12.4 Å². The highest BCUT2D eigenvalue weighted by Gasteiger charge is 2.05. The van der Waals surface area contributed by atoms with Crippen LogP contribution in [-0.4, -0.2) is 27.8 Å². The molecule has 0 aromatic carbocycles. The molecule has 0 bridgehead atoms. The first-order valence-corrected chi connectivity index (χ1v) is 5.09. The van der Waals surface area contributed by atoms with E-state index in [1.54, 1.807) is 6.20 Å². The molecule has 0 aliphatic heterocycles. The lowest BCUT2D eigenvalue weighted by atomic mass is 10.2. The van der Waals surface area contributed by atoms with Gasteiger partial charge in [-0.1, -0.05) is 13.8 Å². The first-order chi connectivity index (χ1) is 6.77. The smallest absolute Gasteiger partial charge is 0.122 e. The molecule has 1 aromatic heterocycles. The molecule has 0 fully saturated rings. The molecule has 1 aromatic rings. The monoisotopic (exact) mass is 197 g/mol. The number of rotatable bonds is 6. The molecule has 4 heteroatoms. The van der Waals surface area contributed by atoms with Crippen molar-refractivity contribution >= 4 is 0 Å². The zero-order valence-electron chi connectivity index (χ0n) is 8.90. The molecule has 0 saturated heterocycles. The number of imidazole rings is 1. The third-order valence-electron chi connectivity index (χ3n) is 2.15. The Morgan fingerprint density at radius 2 is 2.43 bits per heavy atom. The maximum atomic E-state index is 8.95. The van der Waals surface area contributed by atoms with E-state index >= 15 is 0 Å². The zero-order valence-corrected chi connectivity index (χ0v) is 8.90. The van der Waals surface area contributed by atoms with E-state index in [9.17, 15) is 0 Å². The van der Waals surface area contributed by atoms with E-state index in [2.05, 4.69) is 21.8 Å². The minimum atomic E-state index is 0.221. The van der Waals surface area contributed by atoms with Crippen molar-refractivity contribution in [1.82, 2.24) is 14.9 Å². The summed E-state index contributed by atoms with van der Waals surface area (Å²) in [4.78, 5) is 4.26. The number of nitrogens with zero attached hydrogens (tertiary/aromatic N) is 2. The molecule has 1 unspecified atom stereocenters. The fourth-order valence-corrected chi connectivity index (χ4v) is 1.30. The van der Waals surface area contributed by atoms with Crippen LogP contribution in [0.5, 0.6) is 0 Å². The molecular formula is C10H19N3O. The van der Waals surface area contributed by atoms with E-state index in [0.717, 1.165) is 25.5 Å². The Hall–Kier alpha value is -0.870. The lowest BCUT2D eigenvalue weighted by Gasteiger charge is -2.11. The number of aliphatic hydroxyl groups excluding tert-OH is 1. The van der Waals surface area contributed by atoms with Gasteiger partial charge in [0, 0.05) is 25.5 Å². The summed E-state index contributed by atoms with van der Waals surface area (Å²) in [7, 11) is 0. The summed E-state index contributed by atoms with van der Waals surface area (Å²) in [5.41, 5.74) is 0. The van der Waals surface area contributed by atoms with Gasteiger partial charge in [0.1, 0.15) is 5.82 Å². The second-order valence-electron chi connectivity index (χ2n) is 3.56. The van der Waals surface area contributed by atoms with Gasteiger partial charge in [0.2, 0.25) is 0 Å². The number of hydrogen-bond acceptors (Lipinski definition) is 3. The Morgan fingerprint density at radius 3 is 3.07 bits per heavy atom. The molecule has 2 N–H and O–H groups in total. The Morgan fingerprint density at radius 1 is 1.64 bits per heavy atom. The summed E-state index contributed by atoms with van der Waals surface area (Å²) < 4.78 is 2.09. The number of aromatic nitrogens is 2. The van der Waals surface area contributed by atoms with Gasteiger partial charge in [-0.15, -0.1) is 0 Å². The van der Waals surface area contributed by atoms with E-state index in [-0.39, 0.29) is 12.5 Å². The molecule has 1 heterocycles. The van der Waals surface area contributed by atoms with Crippen molar-refractivity contribution in [3.63, 3.8) is 0 Å². The SMILES string of the molecule is CCNCc1nccn1CC(C)CO. The molecule has 0 radical (unpaired) electrons. The third-order valence-corrected chi connectivity index (χ3v) is 2.15. The van der Waals surface area contributed by atoms with Gasteiger partial charge in [-0.25, -0.2) is 4.98 Å². The van der Waals surface area contributed by atoms with E-state index < -0.39 is 0 Å². The Balaban J connectivity index is 2.53. The van der Waals surface area contributed by atoms with Crippen LogP contribution < -0.4 is 5.32 Å². The minimum absolute atomic E-state index is 0.221. The van der Waals surface area contributed by atoms with Crippen molar-refractivity contribution in [2.24, 2.45) is 5.92 Å². The van der Waals surface area contributed by atoms with E-state index in [1.165, 1.54) is 0 Å². The standard InChI is InChI=1S/C10H19N3O/c1-3-11-6-10-12-4-5-13(10)7-9(2)8-14/h4-5,9,11,14H,3,6-8H2,1-2H3. The molecule has 1 atom stereocenters. The summed E-state index contributed by atoms with van der Waals surface area (Å²) >= 11 is 0. The fraction of sp³-hybridized carbons (Fsp3) is 0.700. The maximum Gasteiger partial charge on any atom is 0.122 e. The molecule has 4 nitrogen and oxygen atoms in total. The van der Waals surface area contributed by atoms with Gasteiger partial charge >= 0.3 is 0 Å². The summed E-state index contributed by atoms with van der Waals surface area (Å²) in [6, 6.07) is 0. The van der Waals surface area contributed by atoms with Crippen LogP contribution in [0.1, 0.15) is 19.7 Å². The molecule has 0 amide bonds. The molecule has 0 aliphatic carbocycles. The Labute approximate surface area is 85.0 Å². The topological polar surface area (TPSA) is 50.1 Å². The molecule has 0 aliphatic rings. The van der Waals surface area contributed by atoms with E-state index in [1.807, 2.05) is 13.1 Å². The third kappa shape index (κ3) is 3.12. The van der Waals surface area contributed by atoms with Crippen LogP contribution in [0.4, 0.5) is 0 Å². The van der Waals surface area contributed by atoms with Gasteiger partial charge in [0.05, 0.1) is 6.54 Å². The van der Waals surface area contributed by atoms with Crippen LogP contribution in [0.2, 0.25) is 0 Å². The van der Waals surface area contributed by atoms with Crippen molar-refractivity contribution in [1.29, 1.82) is 0 Å². The Bertz CT molecular complexity index is 260. The second kappa shape index (κ2) is 5.78. The highest BCUT2D eigenvalue weighted by Crippen LogP contribution is 2.03. The molecular weight excluding hydrogens is 178 g/mol. The predicted molar refractivity (Wildman–Crippen MR) is 55.9 cm³/mol. The second-order valence-corrected chi connectivity index (χ2v) is 3.56. The van der Waals surface area contributed by atoms with Gasteiger partial charge in [-0.2, -0.15) is 0 Å². The molecule has 14 heavy (non-hydrogen) atoms. The largest absolute Gasteiger partial charge is 0.396 e. The van der Waals surface area contributed by atoms with Crippen LogP contribution in [0.25, 0.3) is 0 Å². The van der Waals surface area contributed by atoms with Crippen LogP contribution >= 0.6 is 0 Å².